The van der Waals surface area contributed by atoms with Crippen LogP contribution in [0.25, 0.3) is 0 Å². The van der Waals surface area contributed by atoms with Gasteiger partial charge < -0.3 is 14.0 Å². The fraction of sp³-hybridized carbons (Fsp3) is 0.684. The van der Waals surface area contributed by atoms with Crippen LogP contribution in [0.4, 0.5) is 0 Å². The fourth-order valence-corrected chi connectivity index (χ4v) is 2.98. The van der Waals surface area contributed by atoms with Gasteiger partial charge in [-0.15, -0.1) is 0 Å². The van der Waals surface area contributed by atoms with E-state index in [4.69, 9.17) is 14.0 Å². The largest absolute Gasteiger partial charge is 0.495 e. The molecule has 1 aromatic rings. The zero-order valence-corrected chi connectivity index (χ0v) is 15.5. The molecule has 1 aromatic carbocycles. The van der Waals surface area contributed by atoms with Crippen LogP contribution in [-0.2, 0) is 14.7 Å². The van der Waals surface area contributed by atoms with E-state index < -0.39 is 0 Å². The first kappa shape index (κ1) is 16.8. The predicted molar refractivity (Wildman–Crippen MR) is 94.5 cm³/mol. The molecule has 0 atom stereocenters. The first-order chi connectivity index (χ1) is 10.5. The molecule has 1 heterocycles. The van der Waals surface area contributed by atoms with E-state index in [9.17, 15) is 0 Å². The van der Waals surface area contributed by atoms with E-state index in [1.54, 1.807) is 0 Å². The molecular formula is C19H29BO3. The second kappa shape index (κ2) is 5.25. The van der Waals surface area contributed by atoms with Crippen molar-refractivity contribution in [2.24, 2.45) is 0 Å². The summed E-state index contributed by atoms with van der Waals surface area (Å²) in [5, 5.41) is 0. The lowest BCUT2D eigenvalue weighted by molar-refractivity contribution is 0.00578. The second-order valence-corrected chi connectivity index (χ2v) is 8.88. The maximum absolute atomic E-state index is 6.28. The Morgan fingerprint density at radius 3 is 2.09 bits per heavy atom. The highest BCUT2D eigenvalue weighted by molar-refractivity contribution is 6.62. The summed E-state index contributed by atoms with van der Waals surface area (Å²) in [4.78, 5) is 0. The van der Waals surface area contributed by atoms with Crippen LogP contribution in [0.5, 0.6) is 5.75 Å². The molecule has 3 rings (SSSR count). The van der Waals surface area contributed by atoms with E-state index in [1.807, 2.05) is 6.07 Å². The Labute approximate surface area is 140 Å². The maximum Gasteiger partial charge on any atom is 0.495 e. The lowest BCUT2D eigenvalue weighted by Crippen LogP contribution is -2.41. The van der Waals surface area contributed by atoms with Crippen LogP contribution in [0, 0.1) is 0 Å². The molecular weight excluding hydrogens is 287 g/mol. The van der Waals surface area contributed by atoms with Gasteiger partial charge in [0.1, 0.15) is 5.75 Å². The molecule has 0 radical (unpaired) electrons. The van der Waals surface area contributed by atoms with Gasteiger partial charge in [0.25, 0.3) is 0 Å². The van der Waals surface area contributed by atoms with Crippen molar-refractivity contribution in [2.45, 2.75) is 84.0 Å². The molecule has 1 saturated carbocycles. The van der Waals surface area contributed by atoms with Gasteiger partial charge in [-0.25, -0.2) is 0 Å². The van der Waals surface area contributed by atoms with Gasteiger partial charge in [0, 0.05) is 0 Å². The van der Waals surface area contributed by atoms with E-state index in [-0.39, 0.29) is 23.7 Å². The summed E-state index contributed by atoms with van der Waals surface area (Å²) >= 11 is 0. The van der Waals surface area contributed by atoms with Crippen LogP contribution in [-0.4, -0.2) is 24.4 Å². The van der Waals surface area contributed by atoms with Crippen LogP contribution >= 0.6 is 0 Å². The van der Waals surface area contributed by atoms with Crippen molar-refractivity contribution in [3.8, 4) is 5.75 Å². The fourth-order valence-electron chi connectivity index (χ4n) is 2.98. The Balaban J connectivity index is 2.02. The van der Waals surface area contributed by atoms with Crippen molar-refractivity contribution < 1.29 is 14.0 Å². The van der Waals surface area contributed by atoms with E-state index >= 15 is 0 Å². The maximum atomic E-state index is 6.28. The number of hydrogen-bond donors (Lipinski definition) is 0. The van der Waals surface area contributed by atoms with Crippen molar-refractivity contribution in [1.29, 1.82) is 0 Å². The Bertz CT molecular complexity index is 581. The van der Waals surface area contributed by atoms with Crippen LogP contribution < -0.4 is 10.2 Å². The Hall–Kier alpha value is -0.995. The van der Waals surface area contributed by atoms with Crippen molar-refractivity contribution >= 4 is 12.6 Å². The molecule has 0 N–H and O–H groups in total. The van der Waals surface area contributed by atoms with E-state index in [0.717, 1.165) is 24.1 Å². The second-order valence-electron chi connectivity index (χ2n) is 8.88. The molecule has 0 bridgehead atoms. The summed E-state index contributed by atoms with van der Waals surface area (Å²) in [5.41, 5.74) is 1.59. The molecule has 1 aliphatic heterocycles. The Kier molecular flexibility index (Phi) is 3.85. The van der Waals surface area contributed by atoms with Crippen LogP contribution in [0.3, 0.4) is 0 Å². The molecule has 2 aliphatic rings. The molecule has 2 fully saturated rings. The zero-order valence-electron chi connectivity index (χ0n) is 15.5. The van der Waals surface area contributed by atoms with Crippen molar-refractivity contribution in [1.82, 2.24) is 0 Å². The van der Waals surface area contributed by atoms with Crippen molar-refractivity contribution in [3.05, 3.63) is 23.8 Å². The smallest absolute Gasteiger partial charge is 0.490 e. The highest BCUT2D eigenvalue weighted by atomic mass is 16.7. The lowest BCUT2D eigenvalue weighted by atomic mass is 9.69. The number of rotatable bonds is 3. The third-order valence-corrected chi connectivity index (χ3v) is 5.13. The summed E-state index contributed by atoms with van der Waals surface area (Å²) in [6.45, 7) is 15.0. The molecule has 23 heavy (non-hydrogen) atoms. The highest BCUT2D eigenvalue weighted by Gasteiger charge is 2.52. The Morgan fingerprint density at radius 2 is 1.61 bits per heavy atom. The van der Waals surface area contributed by atoms with Gasteiger partial charge in [-0.2, -0.15) is 0 Å². The topological polar surface area (TPSA) is 27.7 Å². The Morgan fingerprint density at radius 1 is 1.04 bits per heavy atom. The quantitative estimate of drug-likeness (QED) is 0.793. The third-order valence-electron chi connectivity index (χ3n) is 5.13. The third kappa shape index (κ3) is 3.16. The van der Waals surface area contributed by atoms with Crippen LogP contribution in [0.15, 0.2) is 18.2 Å². The molecule has 0 amide bonds. The van der Waals surface area contributed by atoms with E-state index in [0.29, 0.717) is 6.10 Å². The van der Waals surface area contributed by atoms with Gasteiger partial charge in [0.05, 0.1) is 17.3 Å². The monoisotopic (exact) mass is 316 g/mol. The molecule has 4 heteroatoms. The number of benzene rings is 1. The SMILES string of the molecule is CC(C)(C)c1c(OC2CC2)cccc1B1OC(C)(C)C(C)(C)O1. The van der Waals surface area contributed by atoms with Crippen LogP contribution in [0.1, 0.15) is 66.9 Å². The van der Waals surface area contributed by atoms with Gasteiger partial charge >= 0.3 is 7.12 Å². The first-order valence-corrected chi connectivity index (χ1v) is 8.67. The van der Waals surface area contributed by atoms with Gasteiger partial charge in [-0.05, 0) is 63.0 Å². The van der Waals surface area contributed by atoms with E-state index in [2.05, 4.69) is 60.6 Å². The van der Waals surface area contributed by atoms with E-state index in [1.165, 1.54) is 5.56 Å². The lowest BCUT2D eigenvalue weighted by Gasteiger charge is -2.32. The molecule has 3 nitrogen and oxygen atoms in total. The molecule has 0 unspecified atom stereocenters. The molecule has 0 aromatic heterocycles. The highest BCUT2D eigenvalue weighted by Crippen LogP contribution is 2.39. The summed E-state index contributed by atoms with van der Waals surface area (Å²) < 4.78 is 18.7. The minimum absolute atomic E-state index is 0.0373. The first-order valence-electron chi connectivity index (χ1n) is 8.67. The minimum atomic E-state index is -0.350. The standard InChI is InChI=1S/C19H29BO3/c1-17(2,3)16-14(9-8-10-15(16)21-13-11-12-13)20-22-18(4,5)19(6,7)23-20/h8-10,13H,11-12H2,1-7H3. The predicted octanol–water partition coefficient (Wildman–Crippen LogP) is 3.82. The zero-order chi connectivity index (χ0) is 17.0. The molecule has 0 spiro atoms. The van der Waals surface area contributed by atoms with Gasteiger partial charge in [-0.3, -0.25) is 0 Å². The van der Waals surface area contributed by atoms with Crippen molar-refractivity contribution in [2.75, 3.05) is 0 Å². The molecule has 1 saturated heterocycles. The van der Waals surface area contributed by atoms with Gasteiger partial charge in [-0.1, -0.05) is 32.9 Å². The normalized spacial score (nSPS) is 23.2. The molecule has 1 aliphatic carbocycles. The number of ether oxygens (including phenoxy) is 1. The van der Waals surface area contributed by atoms with Gasteiger partial charge in [0.2, 0.25) is 0 Å². The minimum Gasteiger partial charge on any atom is -0.490 e. The van der Waals surface area contributed by atoms with Gasteiger partial charge in [0.15, 0.2) is 0 Å². The van der Waals surface area contributed by atoms with Crippen LogP contribution in [0.2, 0.25) is 0 Å². The average molecular weight is 316 g/mol. The summed E-state index contributed by atoms with van der Waals surface area (Å²) in [6.07, 6.45) is 2.69. The summed E-state index contributed by atoms with van der Waals surface area (Å²) in [6, 6.07) is 6.24. The average Bonchev–Trinajstić information content (AvgIpc) is 3.15. The summed E-state index contributed by atoms with van der Waals surface area (Å²) in [7, 11) is -0.350. The van der Waals surface area contributed by atoms with Crippen molar-refractivity contribution in [3.63, 3.8) is 0 Å². The molecule has 126 valence electrons. The summed E-state index contributed by atoms with van der Waals surface area (Å²) in [5.74, 6) is 0.979. The number of hydrogen-bond acceptors (Lipinski definition) is 3.